The van der Waals surface area contributed by atoms with Gasteiger partial charge >= 0.3 is 0 Å². The fourth-order valence-electron chi connectivity index (χ4n) is 4.42. The first-order chi connectivity index (χ1) is 14.7. The van der Waals surface area contributed by atoms with Crippen molar-refractivity contribution in [3.05, 3.63) is 16.1 Å². The van der Waals surface area contributed by atoms with Gasteiger partial charge in [-0.15, -0.1) is 35.3 Å². The number of ether oxygens (including phenoxy) is 1. The number of nitrogens with zero attached hydrogens (tertiary/aromatic N) is 4. The summed E-state index contributed by atoms with van der Waals surface area (Å²) in [5.41, 5.74) is 1.23. The van der Waals surface area contributed by atoms with Crippen LogP contribution in [-0.2, 0) is 11.3 Å². The molecule has 0 radical (unpaired) electrons. The summed E-state index contributed by atoms with van der Waals surface area (Å²) in [6.07, 6.45) is 5.98. The molecule has 3 heterocycles. The normalized spacial score (nSPS) is 19.9. The van der Waals surface area contributed by atoms with Gasteiger partial charge in [-0.2, -0.15) is 0 Å². The van der Waals surface area contributed by atoms with Crippen molar-refractivity contribution in [3.63, 3.8) is 0 Å². The molecule has 2 aliphatic heterocycles. The van der Waals surface area contributed by atoms with Crippen LogP contribution in [0.2, 0.25) is 0 Å². The Bertz CT molecular complexity index is 642. The average Bonchev–Trinajstić information content (AvgIpc) is 3.18. The van der Waals surface area contributed by atoms with E-state index in [1.54, 1.807) is 18.4 Å². The fraction of sp³-hybridized carbons (Fsp3) is 0.818. The third-order valence-electron chi connectivity index (χ3n) is 6.29. The highest BCUT2D eigenvalue weighted by molar-refractivity contribution is 14.0. The van der Waals surface area contributed by atoms with Crippen LogP contribution in [0.1, 0.15) is 42.8 Å². The zero-order chi connectivity index (χ0) is 21.2. The van der Waals surface area contributed by atoms with Gasteiger partial charge in [0.2, 0.25) is 0 Å². The van der Waals surface area contributed by atoms with E-state index in [1.165, 1.54) is 36.4 Å². The van der Waals surface area contributed by atoms with Gasteiger partial charge in [0, 0.05) is 64.9 Å². The van der Waals surface area contributed by atoms with Crippen LogP contribution in [0.4, 0.5) is 0 Å². The molecule has 1 aromatic rings. The molecule has 0 aliphatic carbocycles. The van der Waals surface area contributed by atoms with Crippen LogP contribution in [0.15, 0.2) is 10.4 Å². The number of hydrogen-bond acceptors (Lipinski definition) is 6. The topological polar surface area (TPSA) is 65.0 Å². The van der Waals surface area contributed by atoms with E-state index in [9.17, 15) is 0 Å². The van der Waals surface area contributed by atoms with Gasteiger partial charge in [0.05, 0.1) is 10.7 Å². The number of aromatic nitrogens is 1. The first-order valence-electron chi connectivity index (χ1n) is 11.5. The smallest absolute Gasteiger partial charge is 0.191 e. The Morgan fingerprint density at radius 2 is 1.90 bits per heavy atom. The molecule has 0 atom stereocenters. The van der Waals surface area contributed by atoms with Gasteiger partial charge < -0.3 is 20.3 Å². The molecule has 0 amide bonds. The van der Waals surface area contributed by atoms with Gasteiger partial charge in [-0.3, -0.25) is 9.89 Å². The lowest BCUT2D eigenvalue weighted by molar-refractivity contribution is 0.155. The number of rotatable bonds is 9. The summed E-state index contributed by atoms with van der Waals surface area (Å²) in [6, 6.07) is 0.526. The summed E-state index contributed by atoms with van der Waals surface area (Å²) in [7, 11) is 3.66. The van der Waals surface area contributed by atoms with Crippen molar-refractivity contribution < 1.29 is 4.74 Å². The van der Waals surface area contributed by atoms with E-state index < -0.39 is 0 Å². The predicted octanol–water partition coefficient (Wildman–Crippen LogP) is 2.95. The molecule has 2 fully saturated rings. The summed E-state index contributed by atoms with van der Waals surface area (Å²) < 4.78 is 5.16. The zero-order valence-corrected chi connectivity index (χ0v) is 22.6. The molecule has 3 rings (SSSR count). The van der Waals surface area contributed by atoms with Gasteiger partial charge in [0.1, 0.15) is 0 Å². The van der Waals surface area contributed by atoms with Gasteiger partial charge in [-0.25, -0.2) is 4.98 Å². The van der Waals surface area contributed by atoms with E-state index in [1.807, 2.05) is 7.05 Å². The lowest BCUT2D eigenvalue weighted by Gasteiger charge is -2.34. The van der Waals surface area contributed by atoms with Crippen LogP contribution < -0.4 is 10.6 Å². The minimum Gasteiger partial charge on any atom is -0.385 e. The largest absolute Gasteiger partial charge is 0.385 e. The monoisotopic (exact) mass is 564 g/mol. The molecule has 0 unspecified atom stereocenters. The number of halogens is 1. The number of methoxy groups -OCH3 is 1. The van der Waals surface area contributed by atoms with Crippen molar-refractivity contribution in [2.45, 2.75) is 51.6 Å². The number of likely N-dealkylation sites (tertiary alicyclic amines) is 2. The zero-order valence-electron chi connectivity index (χ0n) is 19.4. The second-order valence-electron chi connectivity index (χ2n) is 8.64. The van der Waals surface area contributed by atoms with Crippen molar-refractivity contribution in [1.82, 2.24) is 25.4 Å². The summed E-state index contributed by atoms with van der Waals surface area (Å²) in [6.45, 7) is 10.8. The van der Waals surface area contributed by atoms with Crippen molar-refractivity contribution in [2.24, 2.45) is 10.9 Å². The quantitative estimate of drug-likeness (QED) is 0.208. The number of thiazole rings is 1. The van der Waals surface area contributed by atoms with E-state index in [-0.39, 0.29) is 24.0 Å². The summed E-state index contributed by atoms with van der Waals surface area (Å²) in [5.74, 6) is 1.69. The first-order valence-corrected chi connectivity index (χ1v) is 12.4. The molecule has 7 nitrogen and oxygen atoms in total. The minimum absolute atomic E-state index is 0. The molecule has 31 heavy (non-hydrogen) atoms. The van der Waals surface area contributed by atoms with E-state index >= 15 is 0 Å². The summed E-state index contributed by atoms with van der Waals surface area (Å²) in [4.78, 5) is 14.2. The van der Waals surface area contributed by atoms with Crippen LogP contribution in [0.5, 0.6) is 0 Å². The molecule has 1 aromatic heterocycles. The summed E-state index contributed by atoms with van der Waals surface area (Å²) >= 11 is 1.75. The molecule has 2 aliphatic rings. The molecule has 2 N–H and O–H groups in total. The molecular weight excluding hydrogens is 523 g/mol. The maximum Gasteiger partial charge on any atom is 0.191 e. The molecule has 0 saturated carbocycles. The SMILES string of the molecule is CN=C(NCC1CCN(Cc2csc(C)n2)CC1)NC1CCN(CCCOC)CC1.I. The Labute approximate surface area is 209 Å². The molecule has 0 aromatic carbocycles. The average molecular weight is 565 g/mol. The third-order valence-corrected chi connectivity index (χ3v) is 7.11. The van der Waals surface area contributed by atoms with Crippen molar-refractivity contribution in [3.8, 4) is 0 Å². The van der Waals surface area contributed by atoms with E-state index in [2.05, 4.69) is 42.7 Å². The van der Waals surface area contributed by atoms with Crippen molar-refractivity contribution in [2.75, 3.05) is 60.0 Å². The number of guanidine groups is 1. The van der Waals surface area contributed by atoms with E-state index in [4.69, 9.17) is 4.74 Å². The Hall–Kier alpha value is -0.490. The fourth-order valence-corrected chi connectivity index (χ4v) is 5.02. The number of piperidine rings is 2. The Kier molecular flexibility index (Phi) is 12.6. The van der Waals surface area contributed by atoms with Gasteiger partial charge in [0.25, 0.3) is 0 Å². The molecule has 0 spiro atoms. The highest BCUT2D eigenvalue weighted by Gasteiger charge is 2.22. The van der Waals surface area contributed by atoms with Crippen LogP contribution in [-0.4, -0.2) is 86.8 Å². The standard InChI is InChI=1S/C22H40N6OS.HI/c1-18-25-21(17-30-18)16-28-10-5-19(6-11-28)15-24-22(23-2)26-20-7-12-27(13-8-20)9-4-14-29-3;/h17,19-20H,4-16H2,1-3H3,(H2,23,24,26);1H. The van der Waals surface area contributed by atoms with Crippen LogP contribution in [0.25, 0.3) is 0 Å². The van der Waals surface area contributed by atoms with E-state index in [0.717, 1.165) is 70.7 Å². The molecular formula is C22H41IN6OS. The molecule has 178 valence electrons. The second kappa shape index (κ2) is 14.6. The lowest BCUT2D eigenvalue weighted by Crippen LogP contribution is -2.50. The third kappa shape index (κ3) is 9.49. The molecule has 0 bridgehead atoms. The van der Waals surface area contributed by atoms with Crippen LogP contribution in [0.3, 0.4) is 0 Å². The van der Waals surface area contributed by atoms with Gasteiger partial charge in [-0.1, -0.05) is 0 Å². The first kappa shape index (κ1) is 26.8. The second-order valence-corrected chi connectivity index (χ2v) is 9.70. The highest BCUT2D eigenvalue weighted by Crippen LogP contribution is 2.19. The molecule has 9 heteroatoms. The van der Waals surface area contributed by atoms with E-state index in [0.29, 0.717) is 6.04 Å². The van der Waals surface area contributed by atoms with Crippen LogP contribution >= 0.6 is 35.3 Å². The number of aliphatic imine (C=N–C) groups is 1. The number of hydrogen-bond donors (Lipinski definition) is 2. The number of nitrogens with one attached hydrogen (secondary N) is 2. The Morgan fingerprint density at radius 3 is 2.52 bits per heavy atom. The Morgan fingerprint density at radius 1 is 1.19 bits per heavy atom. The molecule has 2 saturated heterocycles. The predicted molar refractivity (Wildman–Crippen MR) is 141 cm³/mol. The van der Waals surface area contributed by atoms with Gasteiger partial charge in [0.15, 0.2) is 5.96 Å². The Balaban J connectivity index is 0.00000341. The summed E-state index contributed by atoms with van der Waals surface area (Å²) in [5, 5.41) is 10.6. The van der Waals surface area contributed by atoms with Crippen molar-refractivity contribution in [1.29, 1.82) is 0 Å². The van der Waals surface area contributed by atoms with Crippen LogP contribution in [0, 0.1) is 12.8 Å². The maximum absolute atomic E-state index is 5.16. The van der Waals surface area contributed by atoms with Gasteiger partial charge in [-0.05, 0) is 58.0 Å². The highest BCUT2D eigenvalue weighted by atomic mass is 127. The number of aryl methyl sites for hydroxylation is 1. The lowest BCUT2D eigenvalue weighted by atomic mass is 9.97. The minimum atomic E-state index is 0. The maximum atomic E-state index is 5.16. The van der Waals surface area contributed by atoms with Crippen molar-refractivity contribution >= 4 is 41.3 Å².